The summed E-state index contributed by atoms with van der Waals surface area (Å²) < 4.78 is 0. The van der Waals surface area contributed by atoms with E-state index >= 15 is 0 Å². The van der Waals surface area contributed by atoms with Crippen LogP contribution in [0, 0.1) is 0 Å². The molecule has 0 amide bonds. The lowest BCUT2D eigenvalue weighted by Crippen LogP contribution is -2.33. The first-order valence-electron chi connectivity index (χ1n) is 4.78. The Hall–Kier alpha value is -1.58. The Morgan fingerprint density at radius 3 is 1.93 bits per heavy atom. The van der Waals surface area contributed by atoms with Crippen molar-refractivity contribution in [2.24, 2.45) is 0 Å². The van der Waals surface area contributed by atoms with E-state index in [1.807, 2.05) is 0 Å². The number of likely N-dealkylation sites (N-methyl/N-ethyl adjacent to an activating group) is 2. The maximum Gasteiger partial charge on any atom is 0.207 e. The molecule has 0 saturated heterocycles. The van der Waals surface area contributed by atoms with Crippen LogP contribution in [0.15, 0.2) is 22.5 Å². The van der Waals surface area contributed by atoms with Crippen LogP contribution < -0.4 is 5.32 Å². The molecule has 4 heteroatoms. The van der Waals surface area contributed by atoms with Gasteiger partial charge in [-0.1, -0.05) is 0 Å². The molecule has 82 valence electrons. The van der Waals surface area contributed by atoms with E-state index in [1.165, 1.54) is 0 Å². The molecule has 0 radical (unpaired) electrons. The molecule has 0 aromatic heterocycles. The number of hydrogen-bond acceptors (Lipinski definition) is 4. The molecule has 0 atom stereocenters. The zero-order valence-corrected chi connectivity index (χ0v) is 9.76. The molecule has 1 N–H and O–H groups in total. The first-order valence-corrected chi connectivity index (χ1v) is 4.78. The second kappa shape index (κ2) is 3.88. The fraction of sp³-hybridized carbons (Fsp3) is 0.455. The summed E-state index contributed by atoms with van der Waals surface area (Å²) in [5.74, 6) is -0.181. The van der Waals surface area contributed by atoms with Crippen LogP contribution in [0.2, 0.25) is 0 Å². The average Bonchev–Trinajstić information content (AvgIpc) is 2.16. The number of nitrogens with zero attached hydrogens (tertiary/aromatic N) is 1. The third kappa shape index (κ3) is 1.67. The van der Waals surface area contributed by atoms with Gasteiger partial charge >= 0.3 is 0 Å². The van der Waals surface area contributed by atoms with Crippen LogP contribution in [-0.2, 0) is 9.59 Å². The summed E-state index contributed by atoms with van der Waals surface area (Å²) in [6.45, 7) is 3.35. The molecule has 0 unspecified atom stereocenters. The molecule has 0 aliphatic heterocycles. The third-order valence-corrected chi connectivity index (χ3v) is 2.55. The quantitative estimate of drug-likeness (QED) is 0.670. The minimum atomic E-state index is -0.0988. The lowest BCUT2D eigenvalue weighted by molar-refractivity contribution is -0.117. The second-order valence-corrected chi connectivity index (χ2v) is 3.78. The van der Waals surface area contributed by atoms with E-state index < -0.39 is 0 Å². The van der Waals surface area contributed by atoms with Crippen molar-refractivity contribution >= 4 is 11.6 Å². The zero-order valence-electron chi connectivity index (χ0n) is 9.76. The van der Waals surface area contributed by atoms with Gasteiger partial charge in [-0.05, 0) is 13.8 Å². The zero-order chi connectivity index (χ0) is 11.7. The molecule has 0 spiro atoms. The van der Waals surface area contributed by atoms with Crippen molar-refractivity contribution in [1.29, 1.82) is 0 Å². The SMILES string of the molecule is CNC1=C(C)C(=O)C(N(C)C)=C(C)C1=O. The van der Waals surface area contributed by atoms with E-state index in [9.17, 15) is 9.59 Å². The van der Waals surface area contributed by atoms with Crippen LogP contribution >= 0.6 is 0 Å². The van der Waals surface area contributed by atoms with Gasteiger partial charge in [0.2, 0.25) is 11.6 Å². The summed E-state index contributed by atoms with van der Waals surface area (Å²) in [5.41, 5.74) is 1.87. The van der Waals surface area contributed by atoms with Gasteiger partial charge in [0.15, 0.2) is 0 Å². The molecule has 0 aromatic carbocycles. The van der Waals surface area contributed by atoms with E-state index in [1.54, 1.807) is 39.9 Å². The van der Waals surface area contributed by atoms with E-state index in [0.29, 0.717) is 22.5 Å². The molecule has 0 saturated carbocycles. The largest absolute Gasteiger partial charge is 0.385 e. The van der Waals surface area contributed by atoms with E-state index in [4.69, 9.17) is 0 Å². The fourth-order valence-electron chi connectivity index (χ4n) is 1.77. The van der Waals surface area contributed by atoms with Crippen LogP contribution in [0.1, 0.15) is 13.8 Å². The van der Waals surface area contributed by atoms with Crippen molar-refractivity contribution in [3.63, 3.8) is 0 Å². The number of rotatable bonds is 2. The predicted molar refractivity (Wildman–Crippen MR) is 58.2 cm³/mol. The standard InChI is InChI=1S/C11H16N2O2/c1-6-8(12-3)10(14)7(2)9(11(6)15)13(4)5/h12H,1-5H3. The van der Waals surface area contributed by atoms with Gasteiger partial charge in [0, 0.05) is 32.3 Å². The highest BCUT2D eigenvalue weighted by atomic mass is 16.1. The van der Waals surface area contributed by atoms with Gasteiger partial charge < -0.3 is 10.2 Å². The molecule has 1 aliphatic rings. The predicted octanol–water partition coefficient (Wildman–Crippen LogP) is 0.467. The van der Waals surface area contributed by atoms with Gasteiger partial charge in [0.1, 0.15) is 0 Å². The minimum absolute atomic E-state index is 0.0820. The molecular weight excluding hydrogens is 192 g/mol. The molecular formula is C11H16N2O2. The highest BCUT2D eigenvalue weighted by Gasteiger charge is 2.30. The van der Waals surface area contributed by atoms with Crippen molar-refractivity contribution < 1.29 is 9.59 Å². The van der Waals surface area contributed by atoms with E-state index in [0.717, 1.165) is 0 Å². The summed E-state index contributed by atoms with van der Waals surface area (Å²) in [6, 6.07) is 0. The van der Waals surface area contributed by atoms with Gasteiger partial charge in [0.05, 0.1) is 11.4 Å². The maximum absolute atomic E-state index is 11.9. The molecule has 4 nitrogen and oxygen atoms in total. The Bertz CT molecular complexity index is 389. The summed E-state index contributed by atoms with van der Waals surface area (Å²) in [5, 5.41) is 2.78. The number of hydrogen-bond donors (Lipinski definition) is 1. The monoisotopic (exact) mass is 208 g/mol. The van der Waals surface area contributed by atoms with Crippen LogP contribution in [0.5, 0.6) is 0 Å². The third-order valence-electron chi connectivity index (χ3n) is 2.55. The smallest absolute Gasteiger partial charge is 0.207 e. The van der Waals surface area contributed by atoms with Crippen LogP contribution in [-0.4, -0.2) is 37.6 Å². The molecule has 0 aromatic rings. The Morgan fingerprint density at radius 1 is 1.00 bits per heavy atom. The van der Waals surface area contributed by atoms with Crippen molar-refractivity contribution in [1.82, 2.24) is 10.2 Å². The molecule has 1 rings (SSSR count). The Kier molecular flexibility index (Phi) is 2.98. The molecule has 0 fully saturated rings. The molecule has 1 aliphatic carbocycles. The van der Waals surface area contributed by atoms with E-state index in [2.05, 4.69) is 5.32 Å². The average molecular weight is 208 g/mol. The summed E-state index contributed by atoms with van der Waals surface area (Å²) >= 11 is 0. The number of allylic oxidation sites excluding steroid dienone is 2. The van der Waals surface area contributed by atoms with Crippen LogP contribution in [0.25, 0.3) is 0 Å². The second-order valence-electron chi connectivity index (χ2n) is 3.78. The maximum atomic E-state index is 11.9. The summed E-state index contributed by atoms with van der Waals surface area (Å²) in [7, 11) is 5.18. The van der Waals surface area contributed by atoms with Crippen LogP contribution in [0.4, 0.5) is 0 Å². The highest BCUT2D eigenvalue weighted by Crippen LogP contribution is 2.23. The first-order chi connectivity index (χ1) is 6.91. The van der Waals surface area contributed by atoms with Crippen molar-refractivity contribution in [3.05, 3.63) is 22.5 Å². The normalized spacial score (nSPS) is 17.4. The first kappa shape index (κ1) is 11.5. The molecule has 15 heavy (non-hydrogen) atoms. The number of carbonyl (C=O) groups excluding carboxylic acids is 2. The van der Waals surface area contributed by atoms with Crippen molar-refractivity contribution in [2.75, 3.05) is 21.1 Å². The molecule has 0 bridgehead atoms. The van der Waals surface area contributed by atoms with E-state index in [-0.39, 0.29) is 11.6 Å². The van der Waals surface area contributed by atoms with Gasteiger partial charge in [-0.25, -0.2) is 0 Å². The lowest BCUT2D eigenvalue weighted by Gasteiger charge is -2.24. The van der Waals surface area contributed by atoms with Crippen molar-refractivity contribution in [2.45, 2.75) is 13.8 Å². The minimum Gasteiger partial charge on any atom is -0.385 e. The fourth-order valence-corrected chi connectivity index (χ4v) is 1.77. The highest BCUT2D eigenvalue weighted by molar-refractivity contribution is 6.24. The van der Waals surface area contributed by atoms with Gasteiger partial charge in [0.25, 0.3) is 0 Å². The number of Topliss-reactive ketones (excluding diaryl/α,β-unsaturated/α-hetero) is 2. The number of nitrogens with one attached hydrogen (secondary N) is 1. The number of ketones is 2. The van der Waals surface area contributed by atoms with Gasteiger partial charge in [-0.15, -0.1) is 0 Å². The number of carbonyl (C=O) groups is 2. The van der Waals surface area contributed by atoms with Crippen LogP contribution in [0.3, 0.4) is 0 Å². The Labute approximate surface area is 89.6 Å². The van der Waals surface area contributed by atoms with Crippen molar-refractivity contribution in [3.8, 4) is 0 Å². The topological polar surface area (TPSA) is 49.4 Å². The summed E-state index contributed by atoms with van der Waals surface area (Å²) in [4.78, 5) is 25.5. The van der Waals surface area contributed by atoms with Gasteiger partial charge in [-0.3, -0.25) is 9.59 Å². The Balaban J connectivity index is 3.33. The summed E-state index contributed by atoms with van der Waals surface area (Å²) in [6.07, 6.45) is 0. The lowest BCUT2D eigenvalue weighted by atomic mass is 9.92. The van der Waals surface area contributed by atoms with Gasteiger partial charge in [-0.2, -0.15) is 0 Å². The Morgan fingerprint density at radius 2 is 1.53 bits per heavy atom. The molecule has 0 heterocycles.